The first-order chi connectivity index (χ1) is 12.2. The average molecular weight is 338 g/mol. The molecule has 1 fully saturated rings. The zero-order valence-corrected chi connectivity index (χ0v) is 15.3. The van der Waals surface area contributed by atoms with E-state index in [1.807, 2.05) is 22.6 Å². The van der Waals surface area contributed by atoms with Crippen LogP contribution in [0.15, 0.2) is 30.5 Å². The minimum Gasteiger partial charge on any atom is -0.494 e. The third-order valence-electron chi connectivity index (χ3n) is 5.20. The molecule has 0 N–H and O–H groups in total. The first-order valence-corrected chi connectivity index (χ1v) is 9.22. The second-order valence-electron chi connectivity index (χ2n) is 7.46. The molecule has 0 saturated carbocycles. The molecule has 3 heterocycles. The van der Waals surface area contributed by atoms with Crippen molar-refractivity contribution < 1.29 is 4.74 Å². The van der Waals surface area contributed by atoms with Crippen LogP contribution in [-0.2, 0) is 0 Å². The molecule has 5 heteroatoms. The van der Waals surface area contributed by atoms with Crippen molar-refractivity contribution >= 4 is 22.6 Å². The van der Waals surface area contributed by atoms with E-state index in [0.29, 0.717) is 0 Å². The van der Waals surface area contributed by atoms with Crippen molar-refractivity contribution in [2.24, 2.45) is 11.8 Å². The number of anilines is 1. The largest absolute Gasteiger partial charge is 0.494 e. The minimum atomic E-state index is 0.737. The highest BCUT2D eigenvalue weighted by molar-refractivity contribution is 5.85. The number of aromatic nitrogens is 3. The van der Waals surface area contributed by atoms with Crippen molar-refractivity contribution in [2.45, 2.75) is 33.1 Å². The van der Waals surface area contributed by atoms with Gasteiger partial charge >= 0.3 is 0 Å². The first kappa shape index (κ1) is 16.2. The second kappa shape index (κ2) is 6.54. The van der Waals surface area contributed by atoms with Crippen LogP contribution in [0, 0.1) is 11.8 Å². The molecule has 0 atom stereocenters. The van der Waals surface area contributed by atoms with Gasteiger partial charge in [0, 0.05) is 19.3 Å². The lowest BCUT2D eigenvalue weighted by Gasteiger charge is -2.33. The fraction of sp³-hybridized carbons (Fsp3) is 0.500. The number of para-hydroxylation sites is 1. The maximum atomic E-state index is 5.48. The van der Waals surface area contributed by atoms with Crippen molar-refractivity contribution in [3.05, 3.63) is 30.5 Å². The van der Waals surface area contributed by atoms with E-state index >= 15 is 0 Å². The molecule has 0 bridgehead atoms. The van der Waals surface area contributed by atoms with Crippen LogP contribution >= 0.6 is 0 Å². The summed E-state index contributed by atoms with van der Waals surface area (Å²) in [5, 5.41) is 0. The lowest BCUT2D eigenvalue weighted by molar-refractivity contribution is 0.337. The number of rotatable bonds is 4. The quantitative estimate of drug-likeness (QED) is 0.716. The number of nitrogens with zero attached hydrogens (tertiary/aromatic N) is 4. The summed E-state index contributed by atoms with van der Waals surface area (Å²) in [6, 6.07) is 8.03. The number of methoxy groups -OCH3 is 1. The molecule has 3 aromatic rings. The molecular weight excluding hydrogens is 312 g/mol. The summed E-state index contributed by atoms with van der Waals surface area (Å²) < 4.78 is 7.50. The van der Waals surface area contributed by atoms with Gasteiger partial charge in [-0.3, -0.25) is 4.40 Å². The van der Waals surface area contributed by atoms with Crippen molar-refractivity contribution in [3.63, 3.8) is 0 Å². The lowest BCUT2D eigenvalue weighted by atomic mass is 9.89. The minimum absolute atomic E-state index is 0.737. The van der Waals surface area contributed by atoms with Gasteiger partial charge in [-0.05, 0) is 49.3 Å². The van der Waals surface area contributed by atoms with Crippen LogP contribution in [0.1, 0.15) is 33.1 Å². The van der Waals surface area contributed by atoms with Gasteiger partial charge in [0.25, 0.3) is 0 Å². The number of imidazole rings is 1. The Morgan fingerprint density at radius 3 is 2.68 bits per heavy atom. The van der Waals surface area contributed by atoms with Crippen LogP contribution in [0.5, 0.6) is 5.75 Å². The van der Waals surface area contributed by atoms with E-state index < -0.39 is 0 Å². The predicted molar refractivity (Wildman–Crippen MR) is 101 cm³/mol. The molecule has 132 valence electrons. The van der Waals surface area contributed by atoms with Crippen molar-refractivity contribution in [3.8, 4) is 5.75 Å². The first-order valence-electron chi connectivity index (χ1n) is 9.22. The smallest absolute Gasteiger partial charge is 0.236 e. The van der Waals surface area contributed by atoms with Crippen LogP contribution in [-0.4, -0.2) is 34.6 Å². The molecule has 1 aliphatic rings. The second-order valence-corrected chi connectivity index (χ2v) is 7.46. The maximum Gasteiger partial charge on any atom is 0.236 e. The molecule has 4 rings (SSSR count). The van der Waals surface area contributed by atoms with Crippen LogP contribution in [0.4, 0.5) is 5.82 Å². The highest BCUT2D eigenvalue weighted by Crippen LogP contribution is 2.29. The van der Waals surface area contributed by atoms with Gasteiger partial charge in [-0.15, -0.1) is 0 Å². The maximum absolute atomic E-state index is 5.48. The predicted octanol–water partition coefficient (Wildman–Crippen LogP) is 4.15. The Bertz CT molecular complexity index is 878. The van der Waals surface area contributed by atoms with Gasteiger partial charge in [0.15, 0.2) is 0 Å². The van der Waals surface area contributed by atoms with Crippen molar-refractivity contribution in [1.29, 1.82) is 0 Å². The van der Waals surface area contributed by atoms with E-state index in [9.17, 15) is 0 Å². The molecule has 5 nitrogen and oxygen atoms in total. The topological polar surface area (TPSA) is 42.7 Å². The Hall–Kier alpha value is -2.30. The van der Waals surface area contributed by atoms with Crippen molar-refractivity contribution in [1.82, 2.24) is 14.4 Å². The molecule has 1 aliphatic heterocycles. The summed E-state index contributed by atoms with van der Waals surface area (Å²) in [7, 11) is 1.69. The van der Waals surface area contributed by atoms with E-state index in [0.717, 1.165) is 53.3 Å². The number of hydrogen-bond donors (Lipinski definition) is 0. The molecule has 1 saturated heterocycles. The lowest BCUT2D eigenvalue weighted by Crippen LogP contribution is -2.34. The van der Waals surface area contributed by atoms with Gasteiger partial charge in [0.2, 0.25) is 5.78 Å². The van der Waals surface area contributed by atoms with Crippen LogP contribution in [0.25, 0.3) is 16.8 Å². The van der Waals surface area contributed by atoms with E-state index in [1.165, 1.54) is 19.3 Å². The number of benzene rings is 1. The van der Waals surface area contributed by atoms with Crippen LogP contribution in [0.2, 0.25) is 0 Å². The Kier molecular flexibility index (Phi) is 4.24. The zero-order chi connectivity index (χ0) is 17.4. The zero-order valence-electron chi connectivity index (χ0n) is 15.3. The van der Waals surface area contributed by atoms with Crippen LogP contribution in [0.3, 0.4) is 0 Å². The molecule has 0 unspecified atom stereocenters. The third-order valence-corrected chi connectivity index (χ3v) is 5.20. The highest BCUT2D eigenvalue weighted by Gasteiger charge is 2.21. The van der Waals surface area contributed by atoms with Gasteiger partial charge in [0.1, 0.15) is 17.1 Å². The normalized spacial score (nSPS) is 16.2. The third kappa shape index (κ3) is 3.03. The molecule has 0 amide bonds. The van der Waals surface area contributed by atoms with Gasteiger partial charge in [-0.2, -0.15) is 4.98 Å². The Morgan fingerprint density at radius 2 is 1.96 bits per heavy atom. The summed E-state index contributed by atoms with van der Waals surface area (Å²) in [5.74, 6) is 4.25. The van der Waals surface area contributed by atoms with E-state index in [1.54, 1.807) is 7.11 Å². The number of fused-ring (bicyclic) bond motifs is 3. The van der Waals surface area contributed by atoms with Gasteiger partial charge in [-0.25, -0.2) is 4.98 Å². The van der Waals surface area contributed by atoms with Crippen LogP contribution < -0.4 is 9.64 Å². The fourth-order valence-electron chi connectivity index (χ4n) is 4.01. The number of ether oxygens (including phenoxy) is 1. The molecule has 0 spiro atoms. The Labute approximate surface area is 148 Å². The van der Waals surface area contributed by atoms with Gasteiger partial charge < -0.3 is 9.64 Å². The Balaban J connectivity index is 1.61. The molecule has 0 radical (unpaired) electrons. The SMILES string of the molecule is COc1cccc2nc3nc(N4CCC(CC(C)C)CC4)ccn3c12. The molecule has 25 heavy (non-hydrogen) atoms. The van der Waals surface area contributed by atoms with E-state index in [4.69, 9.17) is 9.72 Å². The molecular formula is C20H26N4O. The number of hydrogen-bond acceptors (Lipinski definition) is 4. The molecule has 1 aromatic carbocycles. The molecule has 2 aromatic heterocycles. The number of piperidine rings is 1. The average Bonchev–Trinajstić information content (AvgIpc) is 2.99. The fourth-order valence-corrected chi connectivity index (χ4v) is 4.01. The molecule has 0 aliphatic carbocycles. The summed E-state index contributed by atoms with van der Waals surface area (Å²) in [4.78, 5) is 11.9. The summed E-state index contributed by atoms with van der Waals surface area (Å²) in [6.45, 7) is 6.81. The Morgan fingerprint density at radius 1 is 1.16 bits per heavy atom. The standard InChI is InChI=1S/C20H26N4O/c1-14(2)13-15-7-10-23(11-8-15)18-9-12-24-19-16(21-20(24)22-18)5-4-6-17(19)25-3/h4-6,9,12,14-15H,7-8,10-11,13H2,1-3H3. The highest BCUT2D eigenvalue weighted by atomic mass is 16.5. The van der Waals surface area contributed by atoms with Gasteiger partial charge in [-0.1, -0.05) is 19.9 Å². The summed E-state index contributed by atoms with van der Waals surface area (Å²) in [6.07, 6.45) is 5.92. The monoisotopic (exact) mass is 338 g/mol. The van der Waals surface area contributed by atoms with Gasteiger partial charge in [0.05, 0.1) is 12.6 Å². The summed E-state index contributed by atoms with van der Waals surface area (Å²) in [5.41, 5.74) is 1.90. The van der Waals surface area contributed by atoms with Crippen molar-refractivity contribution in [2.75, 3.05) is 25.1 Å². The van der Waals surface area contributed by atoms with E-state index in [2.05, 4.69) is 36.0 Å². The summed E-state index contributed by atoms with van der Waals surface area (Å²) >= 11 is 0. The van der Waals surface area contributed by atoms with E-state index in [-0.39, 0.29) is 0 Å².